The molecule has 0 radical (unpaired) electrons. The highest BCUT2D eigenvalue weighted by Gasteiger charge is 2.26. The average Bonchev–Trinajstić information content (AvgIpc) is 2.81. The van der Waals surface area contributed by atoms with E-state index in [2.05, 4.69) is 135 Å². The molecule has 0 unspecified atom stereocenters. The van der Waals surface area contributed by atoms with Crippen LogP contribution in [0.2, 0.25) is 0 Å². The van der Waals surface area contributed by atoms with E-state index in [1.54, 1.807) is 0 Å². The highest BCUT2D eigenvalue weighted by Crippen LogP contribution is 2.38. The predicted octanol–water partition coefficient (Wildman–Crippen LogP) is 3.43. The maximum Gasteiger partial charge on any atom is 0.0638 e. The van der Waals surface area contributed by atoms with Gasteiger partial charge >= 0.3 is 0 Å². The molecular formula is C29H32ClN3. The molecule has 3 nitrogen and oxygen atoms in total. The molecule has 0 amide bonds. The molecule has 0 heterocycles. The number of nitrogens with one attached hydrogen (secondary N) is 1. The van der Waals surface area contributed by atoms with Gasteiger partial charge in [0.05, 0.1) is 28.3 Å². The molecule has 0 aliphatic heterocycles. The third-order valence-corrected chi connectivity index (χ3v) is 5.91. The van der Waals surface area contributed by atoms with E-state index < -0.39 is 0 Å². The molecule has 4 aromatic rings. The molecule has 0 aromatic heterocycles. The van der Waals surface area contributed by atoms with Crippen LogP contribution < -0.4 is 27.5 Å². The van der Waals surface area contributed by atoms with Crippen LogP contribution in [0.15, 0.2) is 84.9 Å². The number of hydrogen-bond acceptors (Lipinski definition) is 3. The summed E-state index contributed by atoms with van der Waals surface area (Å²) < 4.78 is 0. The summed E-state index contributed by atoms with van der Waals surface area (Å²) in [6, 6.07) is 30.9. The number of halogens is 1. The fourth-order valence-corrected chi connectivity index (χ4v) is 4.19. The predicted molar refractivity (Wildman–Crippen MR) is 140 cm³/mol. The highest BCUT2D eigenvalue weighted by atomic mass is 35.5. The summed E-state index contributed by atoms with van der Waals surface area (Å²) in [5, 5.41) is 6.02. The number of benzene rings is 4. The quantitative estimate of drug-likeness (QED) is 0.339. The third kappa shape index (κ3) is 5.04. The molecule has 0 saturated carbocycles. The molecule has 170 valence electrons. The van der Waals surface area contributed by atoms with Gasteiger partial charge in [0.25, 0.3) is 0 Å². The van der Waals surface area contributed by atoms with Crippen LogP contribution in [0.5, 0.6) is 0 Å². The van der Waals surface area contributed by atoms with Crippen molar-refractivity contribution in [1.82, 2.24) is 0 Å². The van der Waals surface area contributed by atoms with Gasteiger partial charge < -0.3 is 27.5 Å². The fourth-order valence-electron chi connectivity index (χ4n) is 4.19. The number of anilines is 3. The second-order valence-electron chi connectivity index (χ2n) is 8.49. The smallest absolute Gasteiger partial charge is 0.0638 e. The molecule has 33 heavy (non-hydrogen) atoms. The van der Waals surface area contributed by atoms with Crippen LogP contribution in [0.4, 0.5) is 17.1 Å². The van der Waals surface area contributed by atoms with E-state index >= 15 is 0 Å². The first kappa shape index (κ1) is 24.3. The van der Waals surface area contributed by atoms with Crippen LogP contribution in [-0.2, 0) is 0 Å². The van der Waals surface area contributed by atoms with Gasteiger partial charge in [-0.15, -0.1) is 0 Å². The Morgan fingerprint density at radius 3 is 1.58 bits per heavy atom. The van der Waals surface area contributed by atoms with Crippen molar-refractivity contribution in [3.63, 3.8) is 0 Å². The van der Waals surface area contributed by atoms with Crippen LogP contribution in [0.25, 0.3) is 10.8 Å². The largest absolute Gasteiger partial charge is 1.00 e. The maximum absolute atomic E-state index is 3.52. The van der Waals surface area contributed by atoms with E-state index in [4.69, 9.17) is 0 Å². The van der Waals surface area contributed by atoms with Crippen molar-refractivity contribution in [2.45, 2.75) is 6.92 Å². The van der Waals surface area contributed by atoms with Gasteiger partial charge in [0.15, 0.2) is 0 Å². The molecular weight excluding hydrogens is 426 g/mol. The summed E-state index contributed by atoms with van der Waals surface area (Å²) >= 11 is 0. The van der Waals surface area contributed by atoms with E-state index in [1.807, 2.05) is 0 Å². The lowest BCUT2D eigenvalue weighted by molar-refractivity contribution is -0.00000642. The van der Waals surface area contributed by atoms with Crippen molar-refractivity contribution in [1.29, 1.82) is 0 Å². The standard InChI is InChI=1S/C29H32N3.ClH/c1-6-30-28-20-19-27(25-9-7-8-10-26(25)28)29(21-11-15-23(16-12-21)31(2)3)22-13-17-24(18-14-22)32(4)5;/h7-20,30H,6H2,1-5H3;1H/q+1;/p-1. The minimum atomic E-state index is 0. The third-order valence-electron chi connectivity index (χ3n) is 5.91. The van der Waals surface area contributed by atoms with Gasteiger partial charge in [0.1, 0.15) is 0 Å². The molecule has 1 N–H and O–H groups in total. The average molecular weight is 458 g/mol. The Hall–Kier alpha value is -3.30. The van der Waals surface area contributed by atoms with Gasteiger partial charge in [0, 0.05) is 56.9 Å². The summed E-state index contributed by atoms with van der Waals surface area (Å²) in [4.78, 5) is 4.27. The van der Waals surface area contributed by atoms with E-state index in [0.29, 0.717) is 0 Å². The molecule has 4 aromatic carbocycles. The minimum absolute atomic E-state index is 0. The molecule has 0 spiro atoms. The van der Waals surface area contributed by atoms with E-state index in [1.165, 1.54) is 50.4 Å². The number of hydrogen-bond donors (Lipinski definition) is 1. The second-order valence-corrected chi connectivity index (χ2v) is 8.49. The molecule has 0 bridgehead atoms. The van der Waals surface area contributed by atoms with Gasteiger partial charge in [-0.1, -0.05) is 12.1 Å². The van der Waals surface area contributed by atoms with Crippen LogP contribution in [0, 0.1) is 5.92 Å². The van der Waals surface area contributed by atoms with E-state index in [-0.39, 0.29) is 12.4 Å². The number of rotatable bonds is 7. The SMILES string of the molecule is CCNc1ccc([C+](c2ccc(N(C)C)cc2)c2ccc(N(C)C)cc2)c2ccccc12.[Cl-]. The molecule has 0 atom stereocenters. The molecule has 0 saturated heterocycles. The van der Waals surface area contributed by atoms with Gasteiger partial charge in [-0.25, -0.2) is 0 Å². The van der Waals surface area contributed by atoms with Gasteiger partial charge in [-0.3, -0.25) is 0 Å². The Morgan fingerprint density at radius 2 is 1.12 bits per heavy atom. The minimum Gasteiger partial charge on any atom is -1.00 e. The topological polar surface area (TPSA) is 18.5 Å². The molecule has 0 aliphatic rings. The normalized spacial score (nSPS) is 10.5. The van der Waals surface area contributed by atoms with Crippen LogP contribution in [0.1, 0.15) is 23.6 Å². The first-order valence-electron chi connectivity index (χ1n) is 11.2. The zero-order chi connectivity index (χ0) is 22.7. The summed E-state index contributed by atoms with van der Waals surface area (Å²) in [6.07, 6.45) is 0. The van der Waals surface area contributed by atoms with Gasteiger partial charge in [-0.05, 0) is 79.7 Å². The monoisotopic (exact) mass is 457 g/mol. The zero-order valence-electron chi connectivity index (χ0n) is 20.1. The highest BCUT2D eigenvalue weighted by molar-refractivity contribution is 5.98. The second kappa shape index (κ2) is 10.5. The van der Waals surface area contributed by atoms with Crippen molar-refractivity contribution in [3.05, 3.63) is 108 Å². The molecule has 4 heteroatoms. The Kier molecular flexibility index (Phi) is 7.78. The molecule has 0 aliphatic carbocycles. The van der Waals surface area contributed by atoms with Crippen LogP contribution >= 0.6 is 0 Å². The summed E-state index contributed by atoms with van der Waals surface area (Å²) in [5.41, 5.74) is 7.26. The van der Waals surface area contributed by atoms with Crippen molar-refractivity contribution in [2.75, 3.05) is 49.9 Å². The number of fused-ring (bicyclic) bond motifs is 1. The van der Waals surface area contributed by atoms with E-state index in [9.17, 15) is 0 Å². The first-order chi connectivity index (χ1) is 15.5. The first-order valence-corrected chi connectivity index (χ1v) is 11.2. The molecule has 4 rings (SSSR count). The Bertz CT molecular complexity index is 1130. The fraction of sp³-hybridized carbons (Fsp3) is 0.207. The number of nitrogens with zero attached hydrogens (tertiary/aromatic N) is 2. The lowest BCUT2D eigenvalue weighted by Gasteiger charge is -2.19. The zero-order valence-corrected chi connectivity index (χ0v) is 20.8. The van der Waals surface area contributed by atoms with Crippen molar-refractivity contribution in [3.8, 4) is 0 Å². The van der Waals surface area contributed by atoms with E-state index in [0.717, 1.165) is 6.54 Å². The summed E-state index contributed by atoms with van der Waals surface area (Å²) in [5.74, 6) is 1.25. The van der Waals surface area contributed by atoms with Crippen LogP contribution in [0.3, 0.4) is 0 Å². The Labute approximate surface area is 204 Å². The Balaban J connectivity index is 0.00000306. The summed E-state index contributed by atoms with van der Waals surface area (Å²) in [6.45, 7) is 3.04. The lowest BCUT2D eigenvalue weighted by Crippen LogP contribution is -3.00. The summed E-state index contributed by atoms with van der Waals surface area (Å²) in [7, 11) is 8.30. The maximum atomic E-state index is 3.52. The van der Waals surface area contributed by atoms with Gasteiger partial charge in [-0.2, -0.15) is 0 Å². The van der Waals surface area contributed by atoms with Crippen molar-refractivity contribution in [2.24, 2.45) is 0 Å². The van der Waals surface area contributed by atoms with Crippen molar-refractivity contribution < 1.29 is 12.4 Å². The van der Waals surface area contributed by atoms with Crippen molar-refractivity contribution >= 4 is 27.8 Å². The van der Waals surface area contributed by atoms with Crippen LogP contribution in [-0.4, -0.2) is 34.7 Å². The lowest BCUT2D eigenvalue weighted by atomic mass is 9.82. The molecule has 0 fully saturated rings. The Morgan fingerprint density at radius 1 is 0.636 bits per heavy atom. The van der Waals surface area contributed by atoms with Gasteiger partial charge in [0.2, 0.25) is 0 Å².